The van der Waals surface area contributed by atoms with Crippen molar-refractivity contribution in [2.45, 2.75) is 0 Å². The lowest BCUT2D eigenvalue weighted by Crippen LogP contribution is -1.87. The first-order valence-corrected chi connectivity index (χ1v) is 3.96. The Morgan fingerprint density at radius 3 is 2.46 bits per heavy atom. The summed E-state index contributed by atoms with van der Waals surface area (Å²) in [5.74, 6) is 1.27. The van der Waals surface area contributed by atoms with E-state index in [0.717, 1.165) is 5.75 Å². The average Bonchev–Trinajstić information content (AvgIpc) is 2.21. The van der Waals surface area contributed by atoms with E-state index in [0.29, 0.717) is 5.88 Å². The molecule has 1 heterocycles. The Balaban J connectivity index is 2.16. The lowest BCUT2D eigenvalue weighted by atomic mass is 10.3. The third-order valence-corrected chi connectivity index (χ3v) is 1.51. The van der Waals surface area contributed by atoms with Gasteiger partial charge in [0.2, 0.25) is 5.88 Å². The molecule has 2 rings (SSSR count). The van der Waals surface area contributed by atoms with Crippen molar-refractivity contribution < 1.29 is 4.74 Å². The van der Waals surface area contributed by atoms with Gasteiger partial charge in [-0.2, -0.15) is 5.10 Å². The maximum atomic E-state index is 5.40. The van der Waals surface area contributed by atoms with E-state index >= 15 is 0 Å². The lowest BCUT2D eigenvalue weighted by Gasteiger charge is -2.01. The van der Waals surface area contributed by atoms with Crippen molar-refractivity contribution in [3.05, 3.63) is 48.7 Å². The number of rotatable bonds is 2. The van der Waals surface area contributed by atoms with Gasteiger partial charge in [0.05, 0.1) is 0 Å². The van der Waals surface area contributed by atoms with Gasteiger partial charge in [0.1, 0.15) is 5.75 Å². The number of hydrogen-bond acceptors (Lipinski definition) is 3. The van der Waals surface area contributed by atoms with Crippen molar-refractivity contribution in [3.8, 4) is 11.6 Å². The highest BCUT2D eigenvalue weighted by atomic mass is 16.5. The Morgan fingerprint density at radius 2 is 1.77 bits per heavy atom. The average molecular weight is 172 g/mol. The van der Waals surface area contributed by atoms with Gasteiger partial charge in [0.15, 0.2) is 0 Å². The number of para-hydroxylation sites is 1. The Labute approximate surface area is 76.0 Å². The molecule has 0 saturated heterocycles. The maximum absolute atomic E-state index is 5.40. The summed E-state index contributed by atoms with van der Waals surface area (Å²) in [6, 6.07) is 13.0. The molecule has 0 fully saturated rings. The van der Waals surface area contributed by atoms with E-state index in [1.165, 1.54) is 0 Å². The van der Waals surface area contributed by atoms with Gasteiger partial charge in [-0.15, -0.1) is 5.10 Å². The highest BCUT2D eigenvalue weighted by Gasteiger charge is 1.94. The molecule has 1 aromatic heterocycles. The van der Waals surface area contributed by atoms with Crippen molar-refractivity contribution in [3.63, 3.8) is 0 Å². The summed E-state index contributed by atoms with van der Waals surface area (Å²) in [6.07, 6.45) is 1.61. The Kier molecular flexibility index (Phi) is 2.18. The van der Waals surface area contributed by atoms with Crippen LogP contribution in [0.3, 0.4) is 0 Å². The summed E-state index contributed by atoms with van der Waals surface area (Å²) in [5, 5.41) is 7.51. The molecule has 3 heteroatoms. The molecule has 0 aliphatic rings. The van der Waals surface area contributed by atoms with Crippen LogP contribution in [-0.4, -0.2) is 10.2 Å². The SMILES string of the molecule is c1ccc(Oc2cccnn2)cc1. The molecule has 0 atom stereocenters. The van der Waals surface area contributed by atoms with E-state index in [4.69, 9.17) is 4.74 Å². The molecule has 0 aliphatic carbocycles. The van der Waals surface area contributed by atoms with Gasteiger partial charge in [-0.1, -0.05) is 18.2 Å². The number of aromatic nitrogens is 2. The van der Waals surface area contributed by atoms with Crippen LogP contribution in [0, 0.1) is 0 Å². The number of nitrogens with zero attached hydrogens (tertiary/aromatic N) is 2. The van der Waals surface area contributed by atoms with Gasteiger partial charge in [-0.05, 0) is 18.2 Å². The first-order chi connectivity index (χ1) is 6.45. The second-order valence-corrected chi connectivity index (χ2v) is 2.48. The molecule has 1 aromatic carbocycles. The van der Waals surface area contributed by atoms with Crippen molar-refractivity contribution in [2.24, 2.45) is 0 Å². The molecule has 64 valence electrons. The van der Waals surface area contributed by atoms with Crippen molar-refractivity contribution in [1.29, 1.82) is 0 Å². The van der Waals surface area contributed by atoms with E-state index in [1.54, 1.807) is 18.3 Å². The van der Waals surface area contributed by atoms with Gasteiger partial charge >= 0.3 is 0 Å². The Hall–Kier alpha value is -1.90. The highest BCUT2D eigenvalue weighted by Crippen LogP contribution is 2.16. The fourth-order valence-corrected chi connectivity index (χ4v) is 0.951. The van der Waals surface area contributed by atoms with Crippen LogP contribution in [0.4, 0.5) is 0 Å². The van der Waals surface area contributed by atoms with E-state index in [-0.39, 0.29) is 0 Å². The largest absolute Gasteiger partial charge is 0.438 e. The summed E-state index contributed by atoms with van der Waals surface area (Å²) in [7, 11) is 0. The molecule has 13 heavy (non-hydrogen) atoms. The molecule has 0 unspecified atom stereocenters. The van der Waals surface area contributed by atoms with Crippen LogP contribution in [0.1, 0.15) is 0 Å². The minimum Gasteiger partial charge on any atom is -0.438 e. The zero-order valence-electron chi connectivity index (χ0n) is 6.92. The second-order valence-electron chi connectivity index (χ2n) is 2.48. The van der Waals surface area contributed by atoms with Crippen molar-refractivity contribution >= 4 is 0 Å². The minimum absolute atomic E-state index is 0.508. The monoisotopic (exact) mass is 172 g/mol. The van der Waals surface area contributed by atoms with Crippen LogP contribution in [0.2, 0.25) is 0 Å². The summed E-state index contributed by atoms with van der Waals surface area (Å²) < 4.78 is 5.40. The molecule has 3 nitrogen and oxygen atoms in total. The molecule has 0 aliphatic heterocycles. The van der Waals surface area contributed by atoms with E-state index in [2.05, 4.69) is 10.2 Å². The molecule has 0 amide bonds. The van der Waals surface area contributed by atoms with Crippen LogP contribution in [0.25, 0.3) is 0 Å². The van der Waals surface area contributed by atoms with Crippen molar-refractivity contribution in [1.82, 2.24) is 10.2 Å². The molecular formula is C10H8N2O. The maximum Gasteiger partial charge on any atom is 0.238 e. The first-order valence-electron chi connectivity index (χ1n) is 3.96. The van der Waals surface area contributed by atoms with Gasteiger partial charge in [-0.3, -0.25) is 0 Å². The Morgan fingerprint density at radius 1 is 0.923 bits per heavy atom. The normalized spacial score (nSPS) is 9.54. The lowest BCUT2D eigenvalue weighted by molar-refractivity contribution is 0.455. The zero-order valence-corrected chi connectivity index (χ0v) is 6.92. The molecule has 0 bridgehead atoms. The van der Waals surface area contributed by atoms with Gasteiger partial charge in [0.25, 0.3) is 0 Å². The van der Waals surface area contributed by atoms with Crippen LogP contribution >= 0.6 is 0 Å². The molecule has 0 radical (unpaired) electrons. The van der Waals surface area contributed by atoms with E-state index in [1.807, 2.05) is 30.3 Å². The first kappa shape index (κ1) is 7.73. The summed E-state index contributed by atoms with van der Waals surface area (Å²) in [4.78, 5) is 0. The molecular weight excluding hydrogens is 164 g/mol. The second kappa shape index (κ2) is 3.67. The van der Waals surface area contributed by atoms with E-state index < -0.39 is 0 Å². The van der Waals surface area contributed by atoms with Gasteiger partial charge < -0.3 is 4.74 Å². The molecule has 0 saturated carbocycles. The number of ether oxygens (including phenoxy) is 1. The third kappa shape index (κ3) is 2.02. The smallest absolute Gasteiger partial charge is 0.238 e. The standard InChI is InChI=1S/C10H8N2O/c1-2-5-9(6-3-1)13-10-7-4-8-11-12-10/h1-8H. The summed E-state index contributed by atoms with van der Waals surface area (Å²) in [6.45, 7) is 0. The number of hydrogen-bond donors (Lipinski definition) is 0. The van der Waals surface area contributed by atoms with Crippen LogP contribution in [-0.2, 0) is 0 Å². The summed E-state index contributed by atoms with van der Waals surface area (Å²) in [5.41, 5.74) is 0. The van der Waals surface area contributed by atoms with Crippen LogP contribution < -0.4 is 4.74 Å². The van der Waals surface area contributed by atoms with Crippen LogP contribution in [0.5, 0.6) is 11.6 Å². The Bertz CT molecular complexity index is 324. The molecule has 2 aromatic rings. The van der Waals surface area contributed by atoms with Gasteiger partial charge in [0, 0.05) is 12.3 Å². The van der Waals surface area contributed by atoms with Crippen molar-refractivity contribution in [2.75, 3.05) is 0 Å². The topological polar surface area (TPSA) is 35.0 Å². The quantitative estimate of drug-likeness (QED) is 0.697. The predicted molar refractivity (Wildman–Crippen MR) is 48.5 cm³/mol. The minimum atomic E-state index is 0.508. The fraction of sp³-hybridized carbons (Fsp3) is 0. The third-order valence-electron chi connectivity index (χ3n) is 1.51. The number of benzene rings is 1. The van der Waals surface area contributed by atoms with E-state index in [9.17, 15) is 0 Å². The summed E-state index contributed by atoms with van der Waals surface area (Å²) >= 11 is 0. The zero-order chi connectivity index (χ0) is 8.93. The van der Waals surface area contributed by atoms with Crippen LogP contribution in [0.15, 0.2) is 48.7 Å². The molecule has 0 spiro atoms. The highest BCUT2D eigenvalue weighted by molar-refractivity contribution is 5.25. The predicted octanol–water partition coefficient (Wildman–Crippen LogP) is 2.27. The van der Waals surface area contributed by atoms with Gasteiger partial charge in [-0.25, -0.2) is 0 Å². The fourth-order valence-electron chi connectivity index (χ4n) is 0.951. The molecule has 0 N–H and O–H groups in total.